The fraction of sp³-hybridized carbons (Fsp3) is 0.167. The largest absolute Gasteiger partial charge is 0.293 e. The molecule has 106 valence electrons. The molecule has 9 nitrogen and oxygen atoms in total. The van der Waals surface area contributed by atoms with Crippen LogP contribution in [-0.4, -0.2) is 41.3 Å². The van der Waals surface area contributed by atoms with Gasteiger partial charge in [-0.05, 0) is 16.0 Å². The second-order valence-corrected chi connectivity index (χ2v) is 4.32. The lowest BCUT2D eigenvalue weighted by Gasteiger charge is -2.15. The van der Waals surface area contributed by atoms with Crippen molar-refractivity contribution in [2.75, 3.05) is 5.32 Å². The van der Waals surface area contributed by atoms with Gasteiger partial charge in [-0.25, -0.2) is 9.78 Å². The summed E-state index contributed by atoms with van der Waals surface area (Å²) in [5.41, 5.74) is 1.01. The van der Waals surface area contributed by atoms with Crippen LogP contribution in [0.15, 0.2) is 43.0 Å². The highest BCUT2D eigenvalue weighted by molar-refractivity contribution is 5.92. The lowest BCUT2D eigenvalue weighted by molar-refractivity contribution is -0.119. The van der Waals surface area contributed by atoms with E-state index in [4.69, 9.17) is 0 Å². The quantitative estimate of drug-likeness (QED) is 0.692. The fourth-order valence-electron chi connectivity index (χ4n) is 1.92. The summed E-state index contributed by atoms with van der Waals surface area (Å²) in [6.45, 7) is 0. The van der Waals surface area contributed by atoms with E-state index in [-0.39, 0.29) is 11.9 Å². The third-order valence-corrected chi connectivity index (χ3v) is 2.92. The van der Waals surface area contributed by atoms with Crippen molar-refractivity contribution in [3.63, 3.8) is 0 Å². The number of nitrogens with one attached hydrogen (secondary N) is 2. The van der Waals surface area contributed by atoms with E-state index in [1.165, 1.54) is 17.3 Å². The van der Waals surface area contributed by atoms with Crippen molar-refractivity contribution in [2.24, 2.45) is 0 Å². The van der Waals surface area contributed by atoms with Crippen molar-refractivity contribution in [3.8, 4) is 0 Å². The topological polar surface area (TPSA) is 114 Å². The second-order valence-electron chi connectivity index (χ2n) is 4.32. The zero-order valence-electron chi connectivity index (χ0n) is 10.9. The lowest BCUT2D eigenvalue weighted by atomic mass is 10.1. The van der Waals surface area contributed by atoms with Crippen molar-refractivity contribution in [2.45, 2.75) is 12.5 Å². The van der Waals surface area contributed by atoms with Crippen LogP contribution in [0.25, 0.3) is 0 Å². The molecular weight excluding hydrogens is 272 g/mol. The Bertz CT molecular complexity index is 679. The van der Waals surface area contributed by atoms with Gasteiger partial charge >= 0.3 is 0 Å². The van der Waals surface area contributed by atoms with Gasteiger partial charge in [-0.1, -0.05) is 30.3 Å². The molecule has 21 heavy (non-hydrogen) atoms. The SMILES string of the molecule is O=C(Nc1ncn[nH]1)[C@@H](Cc1ccccc1)n1cnnn1. The van der Waals surface area contributed by atoms with Crippen LogP contribution in [0, 0.1) is 0 Å². The van der Waals surface area contributed by atoms with Crippen molar-refractivity contribution in [1.29, 1.82) is 0 Å². The third-order valence-electron chi connectivity index (χ3n) is 2.92. The highest BCUT2D eigenvalue weighted by atomic mass is 16.2. The first-order chi connectivity index (χ1) is 10.3. The van der Waals surface area contributed by atoms with Gasteiger partial charge in [0, 0.05) is 6.42 Å². The summed E-state index contributed by atoms with van der Waals surface area (Å²) in [6.07, 6.45) is 3.19. The van der Waals surface area contributed by atoms with Gasteiger partial charge in [-0.3, -0.25) is 10.1 Å². The Morgan fingerprint density at radius 2 is 2.19 bits per heavy atom. The molecule has 1 aromatic carbocycles. The van der Waals surface area contributed by atoms with Gasteiger partial charge in [0.2, 0.25) is 5.95 Å². The Morgan fingerprint density at radius 1 is 1.33 bits per heavy atom. The molecule has 2 aromatic heterocycles. The molecule has 2 heterocycles. The van der Waals surface area contributed by atoms with Gasteiger partial charge < -0.3 is 0 Å². The predicted octanol–water partition coefficient (Wildman–Crippen LogP) is 0.214. The zero-order valence-corrected chi connectivity index (χ0v) is 10.9. The summed E-state index contributed by atoms with van der Waals surface area (Å²) in [5.74, 6) is 0.00837. The van der Waals surface area contributed by atoms with E-state index >= 15 is 0 Å². The maximum absolute atomic E-state index is 12.4. The van der Waals surface area contributed by atoms with Crippen LogP contribution in [0.5, 0.6) is 0 Å². The van der Waals surface area contributed by atoms with Gasteiger partial charge in [0.25, 0.3) is 5.91 Å². The van der Waals surface area contributed by atoms with E-state index in [2.05, 4.69) is 36.0 Å². The number of aromatic nitrogens is 7. The number of amides is 1. The van der Waals surface area contributed by atoms with Gasteiger partial charge in [-0.15, -0.1) is 5.10 Å². The number of benzene rings is 1. The molecule has 0 spiro atoms. The van der Waals surface area contributed by atoms with E-state index in [0.717, 1.165) is 5.56 Å². The molecule has 0 bridgehead atoms. The number of tetrazole rings is 1. The first-order valence-electron chi connectivity index (χ1n) is 6.25. The molecule has 0 aliphatic heterocycles. The van der Waals surface area contributed by atoms with Crippen LogP contribution in [0.3, 0.4) is 0 Å². The summed E-state index contributed by atoms with van der Waals surface area (Å²) < 4.78 is 1.42. The fourth-order valence-corrected chi connectivity index (χ4v) is 1.92. The number of carbonyl (C=O) groups excluding carboxylic acids is 1. The third kappa shape index (κ3) is 3.08. The molecule has 0 saturated carbocycles. The molecule has 1 amide bonds. The van der Waals surface area contributed by atoms with Crippen LogP contribution < -0.4 is 5.32 Å². The predicted molar refractivity (Wildman–Crippen MR) is 72.0 cm³/mol. The molecule has 3 aromatic rings. The van der Waals surface area contributed by atoms with Crippen molar-refractivity contribution in [1.82, 2.24) is 35.4 Å². The highest BCUT2D eigenvalue weighted by Gasteiger charge is 2.23. The smallest absolute Gasteiger partial charge is 0.252 e. The molecular formula is C12H12N8O. The minimum Gasteiger partial charge on any atom is -0.293 e. The normalized spacial score (nSPS) is 12.0. The van der Waals surface area contributed by atoms with Gasteiger partial charge in [0.1, 0.15) is 18.7 Å². The monoisotopic (exact) mass is 284 g/mol. The van der Waals surface area contributed by atoms with Crippen molar-refractivity contribution < 1.29 is 4.79 Å². The summed E-state index contributed by atoms with van der Waals surface area (Å²) in [5, 5.41) is 19.9. The van der Waals surface area contributed by atoms with E-state index in [0.29, 0.717) is 6.42 Å². The first kappa shape index (κ1) is 12.9. The minimum atomic E-state index is -0.576. The van der Waals surface area contributed by atoms with Crippen LogP contribution in [0.2, 0.25) is 0 Å². The Balaban J connectivity index is 1.81. The zero-order chi connectivity index (χ0) is 14.5. The summed E-state index contributed by atoms with van der Waals surface area (Å²) >= 11 is 0. The maximum Gasteiger partial charge on any atom is 0.252 e. The number of hydrogen-bond acceptors (Lipinski definition) is 6. The van der Waals surface area contributed by atoms with Gasteiger partial charge in [0.15, 0.2) is 0 Å². The Kier molecular flexibility index (Phi) is 3.63. The summed E-state index contributed by atoms with van der Waals surface area (Å²) in [4.78, 5) is 16.3. The molecule has 1 atom stereocenters. The molecule has 3 rings (SSSR count). The Hall–Kier alpha value is -3.10. The number of hydrogen-bond donors (Lipinski definition) is 2. The number of carbonyl (C=O) groups is 1. The molecule has 0 fully saturated rings. The first-order valence-corrected chi connectivity index (χ1v) is 6.25. The number of nitrogens with zero attached hydrogens (tertiary/aromatic N) is 6. The molecule has 0 aliphatic carbocycles. The standard InChI is InChI=1S/C12H12N8O/c21-11(16-12-13-7-14-17-12)10(20-8-15-18-19-20)6-9-4-2-1-3-5-9/h1-5,7-8,10H,6H2,(H2,13,14,16,17,21)/t10-/m1/s1. The average Bonchev–Trinajstić information content (AvgIpc) is 3.19. The Labute approximate surface area is 119 Å². The maximum atomic E-state index is 12.4. The van der Waals surface area contributed by atoms with Crippen molar-refractivity contribution >= 4 is 11.9 Å². The number of anilines is 1. The van der Waals surface area contributed by atoms with Crippen LogP contribution >= 0.6 is 0 Å². The second kappa shape index (κ2) is 5.90. The van der Waals surface area contributed by atoms with Gasteiger partial charge in [-0.2, -0.15) is 10.1 Å². The number of aromatic amines is 1. The lowest BCUT2D eigenvalue weighted by Crippen LogP contribution is -2.28. The van der Waals surface area contributed by atoms with Gasteiger partial charge in [0.05, 0.1) is 0 Å². The average molecular weight is 284 g/mol. The summed E-state index contributed by atoms with van der Waals surface area (Å²) in [7, 11) is 0. The summed E-state index contributed by atoms with van der Waals surface area (Å²) in [6, 6.07) is 9.07. The molecule has 0 saturated heterocycles. The molecule has 0 unspecified atom stereocenters. The number of H-pyrrole nitrogens is 1. The van der Waals surface area contributed by atoms with Crippen LogP contribution in [-0.2, 0) is 11.2 Å². The molecule has 0 aliphatic rings. The van der Waals surface area contributed by atoms with E-state index in [1.807, 2.05) is 30.3 Å². The number of rotatable bonds is 5. The van der Waals surface area contributed by atoms with Crippen LogP contribution in [0.4, 0.5) is 5.95 Å². The molecule has 2 N–H and O–H groups in total. The van der Waals surface area contributed by atoms with Crippen molar-refractivity contribution in [3.05, 3.63) is 48.5 Å². The molecule has 0 radical (unpaired) electrons. The van der Waals surface area contributed by atoms with E-state index in [9.17, 15) is 4.79 Å². The highest BCUT2D eigenvalue weighted by Crippen LogP contribution is 2.14. The molecule has 9 heteroatoms. The minimum absolute atomic E-state index is 0.275. The Morgan fingerprint density at radius 3 is 2.86 bits per heavy atom. The van der Waals surface area contributed by atoms with E-state index < -0.39 is 6.04 Å². The van der Waals surface area contributed by atoms with E-state index in [1.54, 1.807) is 0 Å². The van der Waals surface area contributed by atoms with Crippen LogP contribution in [0.1, 0.15) is 11.6 Å².